The molecule has 0 fully saturated rings. The largest absolute Gasteiger partial charge is 0.491 e. The molecule has 0 bridgehead atoms. The normalized spacial score (nSPS) is 10.8. The number of hydrogen-bond acceptors (Lipinski definition) is 10. The molecule has 0 atom stereocenters. The number of carbonyl (C=O) groups excluding carboxylic acids is 2. The van der Waals surface area contributed by atoms with Crippen molar-refractivity contribution in [1.29, 1.82) is 0 Å². The summed E-state index contributed by atoms with van der Waals surface area (Å²) in [7, 11) is 0. The molecule has 4 rings (SSSR count). The first-order valence-corrected chi connectivity index (χ1v) is 16.7. The Hall–Kier alpha value is -5.10. The fraction of sp³-hybridized carbons (Fsp3) is 0.351. The van der Waals surface area contributed by atoms with E-state index in [1.54, 1.807) is 42.5 Å². The molecule has 0 radical (unpaired) electrons. The molecule has 1 heterocycles. The van der Waals surface area contributed by atoms with E-state index in [-0.39, 0.29) is 41.7 Å². The predicted molar refractivity (Wildman–Crippen MR) is 189 cm³/mol. The number of thiazole rings is 1. The summed E-state index contributed by atoms with van der Waals surface area (Å²) in [5, 5.41) is 12.6. The Morgan fingerprint density at radius 3 is 1.53 bits per heavy atom. The monoisotopic (exact) mass is 692 g/mol. The van der Waals surface area contributed by atoms with E-state index >= 15 is 0 Å². The molecular formula is C37H44N2O9S. The van der Waals surface area contributed by atoms with Crippen molar-refractivity contribution < 1.29 is 43.2 Å². The van der Waals surface area contributed by atoms with Gasteiger partial charge < -0.3 is 28.8 Å². The zero-order valence-corrected chi connectivity index (χ0v) is 30.0. The molecule has 0 aliphatic heterocycles. The van der Waals surface area contributed by atoms with Gasteiger partial charge in [-0.25, -0.2) is 9.78 Å². The molecule has 1 amide bonds. The van der Waals surface area contributed by atoms with Gasteiger partial charge in [-0.05, 0) is 105 Å². The van der Waals surface area contributed by atoms with Gasteiger partial charge in [0.25, 0.3) is 5.91 Å². The molecule has 262 valence electrons. The van der Waals surface area contributed by atoms with Gasteiger partial charge in [-0.3, -0.25) is 14.9 Å². The Bertz CT molecular complexity index is 1670. The van der Waals surface area contributed by atoms with Gasteiger partial charge in [0.15, 0.2) is 10.9 Å². The van der Waals surface area contributed by atoms with Crippen LogP contribution in [-0.2, 0) is 0 Å². The third-order valence-corrected chi connectivity index (χ3v) is 6.71. The number of aromatic nitrogens is 1. The maximum absolute atomic E-state index is 12.8. The second kappa shape index (κ2) is 17.9. The van der Waals surface area contributed by atoms with E-state index in [0.717, 1.165) is 11.3 Å². The van der Waals surface area contributed by atoms with Gasteiger partial charge in [0, 0.05) is 23.3 Å². The highest BCUT2D eigenvalue weighted by molar-refractivity contribution is 7.17. The van der Waals surface area contributed by atoms with Gasteiger partial charge in [-0.1, -0.05) is 17.4 Å². The second-order valence-electron chi connectivity index (χ2n) is 12.0. The van der Waals surface area contributed by atoms with Crippen LogP contribution >= 0.6 is 11.3 Å². The van der Waals surface area contributed by atoms with Gasteiger partial charge in [-0.15, -0.1) is 0 Å². The first kappa shape index (κ1) is 38.3. The zero-order valence-electron chi connectivity index (χ0n) is 29.2. The number of carboxylic acid groups (broad SMARTS) is 1. The Kier molecular flexibility index (Phi) is 14.0. The van der Waals surface area contributed by atoms with Crippen LogP contribution in [0.4, 0.5) is 5.13 Å². The molecule has 4 aromatic rings. The highest BCUT2D eigenvalue weighted by Gasteiger charge is 2.15. The van der Waals surface area contributed by atoms with Crippen molar-refractivity contribution in [2.75, 3.05) is 5.32 Å². The molecule has 1 aromatic heterocycles. The molecule has 0 aliphatic rings. The molecule has 11 nitrogen and oxygen atoms in total. The van der Waals surface area contributed by atoms with Gasteiger partial charge >= 0.3 is 5.97 Å². The maximum atomic E-state index is 12.8. The highest BCUT2D eigenvalue weighted by Crippen LogP contribution is 2.32. The second-order valence-corrected chi connectivity index (χ2v) is 13.0. The number of ether oxygens (including phenoxy) is 5. The summed E-state index contributed by atoms with van der Waals surface area (Å²) >= 11 is 1.12. The number of benzene rings is 3. The van der Waals surface area contributed by atoms with Crippen molar-refractivity contribution >= 4 is 34.1 Å². The molecule has 0 aliphatic carbocycles. The summed E-state index contributed by atoms with van der Waals surface area (Å²) in [5.74, 6) is 1.35. The molecule has 0 saturated heterocycles. The van der Waals surface area contributed by atoms with E-state index in [2.05, 4.69) is 10.3 Å². The highest BCUT2D eigenvalue weighted by atomic mass is 32.1. The zero-order chi connectivity index (χ0) is 36.2. The number of carbonyl (C=O) groups is 3. The van der Waals surface area contributed by atoms with Crippen LogP contribution in [0.5, 0.6) is 33.8 Å². The van der Waals surface area contributed by atoms with Crippen LogP contribution in [-0.4, -0.2) is 52.2 Å². The van der Waals surface area contributed by atoms with Gasteiger partial charge in [0.05, 0.1) is 36.2 Å². The molecular weight excluding hydrogens is 648 g/mol. The number of ketones is 1. The third kappa shape index (κ3) is 13.1. The van der Waals surface area contributed by atoms with Crippen molar-refractivity contribution in [2.24, 2.45) is 0 Å². The first-order chi connectivity index (χ1) is 23.1. The molecule has 0 spiro atoms. The summed E-state index contributed by atoms with van der Waals surface area (Å²) < 4.78 is 28.3. The summed E-state index contributed by atoms with van der Waals surface area (Å²) in [6, 6.07) is 16.5. The van der Waals surface area contributed by atoms with Crippen LogP contribution in [0.3, 0.4) is 0 Å². The lowest BCUT2D eigenvalue weighted by atomic mass is 10.1. The van der Waals surface area contributed by atoms with Crippen molar-refractivity contribution in [2.45, 2.75) is 86.7 Å². The van der Waals surface area contributed by atoms with E-state index < -0.39 is 5.97 Å². The van der Waals surface area contributed by atoms with Crippen molar-refractivity contribution in [1.82, 2.24) is 4.98 Å². The van der Waals surface area contributed by atoms with E-state index in [0.29, 0.717) is 50.1 Å². The third-order valence-electron chi connectivity index (χ3n) is 5.92. The van der Waals surface area contributed by atoms with Crippen molar-refractivity contribution in [3.05, 3.63) is 83.6 Å². The fourth-order valence-electron chi connectivity index (χ4n) is 4.18. The Labute approximate surface area is 291 Å². The summed E-state index contributed by atoms with van der Waals surface area (Å²) in [4.78, 5) is 39.5. The predicted octanol–water partition coefficient (Wildman–Crippen LogP) is 8.92. The van der Waals surface area contributed by atoms with Crippen molar-refractivity contribution in [3.63, 3.8) is 0 Å². The fourth-order valence-corrected chi connectivity index (χ4v) is 4.86. The quantitative estimate of drug-likeness (QED) is 0.123. The van der Waals surface area contributed by atoms with Crippen LogP contribution in [0.2, 0.25) is 0 Å². The lowest BCUT2D eigenvalue weighted by molar-refractivity contribution is 0.0696. The number of carboxylic acids is 1. The van der Waals surface area contributed by atoms with E-state index in [4.69, 9.17) is 28.8 Å². The van der Waals surface area contributed by atoms with Crippen molar-refractivity contribution in [3.8, 4) is 33.8 Å². The van der Waals surface area contributed by atoms with Crippen LogP contribution in [0, 0.1) is 0 Å². The minimum absolute atomic E-state index is 0.00723. The van der Waals surface area contributed by atoms with Gasteiger partial charge in [0.2, 0.25) is 5.06 Å². The minimum atomic E-state index is -1.04. The molecule has 2 N–H and O–H groups in total. The van der Waals surface area contributed by atoms with Crippen LogP contribution in [0.15, 0.2) is 66.9 Å². The maximum Gasteiger partial charge on any atom is 0.335 e. The molecule has 3 aromatic carbocycles. The molecule has 12 heteroatoms. The Balaban J connectivity index is 0.000000323. The van der Waals surface area contributed by atoms with E-state index in [1.807, 2.05) is 61.5 Å². The number of hydrogen-bond donors (Lipinski definition) is 2. The Morgan fingerprint density at radius 2 is 1.10 bits per heavy atom. The number of nitrogens with zero attached hydrogens (tertiary/aromatic N) is 1. The summed E-state index contributed by atoms with van der Waals surface area (Å²) in [6.07, 6.45) is 1.49. The minimum Gasteiger partial charge on any atom is -0.491 e. The van der Waals surface area contributed by atoms with Crippen LogP contribution < -0.4 is 29.0 Å². The smallest absolute Gasteiger partial charge is 0.335 e. The SMILES string of the molecule is CC(=O)c1cc(OC(C)C)cc(OC(C)C)c1.CC(C)Oc1cc(OC(C)C)cc(C(=O)Nc2ncc(Oc3cccc(C(=O)O)c3)s2)c1. The Morgan fingerprint density at radius 1 is 0.653 bits per heavy atom. The number of anilines is 1. The lowest BCUT2D eigenvalue weighted by Crippen LogP contribution is -2.14. The van der Waals surface area contributed by atoms with E-state index in [9.17, 15) is 14.4 Å². The topological polar surface area (TPSA) is 143 Å². The first-order valence-electron chi connectivity index (χ1n) is 15.8. The molecule has 49 heavy (non-hydrogen) atoms. The number of nitrogens with one attached hydrogen (secondary N) is 1. The standard InChI is InChI=1S/C23H24N2O6S.C14H20O3/c1-13(2)29-18-9-16(10-19(11-18)30-14(3)4)21(26)25-23-24-12-20(32-23)31-17-7-5-6-15(8-17)22(27)28;1-9(2)16-13-6-12(11(5)15)7-14(8-13)17-10(3)4/h5-14H,1-4H3,(H,27,28)(H,24,25,26);6-10H,1-5H3. The van der Waals surface area contributed by atoms with Crippen LogP contribution in [0.25, 0.3) is 0 Å². The van der Waals surface area contributed by atoms with Gasteiger partial charge in [-0.2, -0.15) is 0 Å². The van der Waals surface area contributed by atoms with E-state index in [1.165, 1.54) is 25.3 Å². The average molecular weight is 693 g/mol. The lowest BCUT2D eigenvalue weighted by Gasteiger charge is -2.15. The summed E-state index contributed by atoms with van der Waals surface area (Å²) in [5.41, 5.74) is 1.09. The number of amides is 1. The molecule has 0 saturated carbocycles. The van der Waals surface area contributed by atoms with Crippen LogP contribution in [0.1, 0.15) is 93.4 Å². The number of Topliss-reactive ketones (excluding diaryl/α,β-unsaturated/α-hetero) is 1. The summed E-state index contributed by atoms with van der Waals surface area (Å²) in [6.45, 7) is 16.9. The number of rotatable bonds is 14. The van der Waals surface area contributed by atoms with Gasteiger partial charge in [0.1, 0.15) is 28.7 Å². The number of aromatic carboxylic acids is 1. The molecule has 0 unspecified atom stereocenters. The average Bonchev–Trinajstić information content (AvgIpc) is 3.42.